The molecule has 1 aromatic carbocycles. The average Bonchev–Trinajstić information content (AvgIpc) is 3.23. The van der Waals surface area contributed by atoms with Crippen molar-refractivity contribution in [1.29, 1.82) is 0 Å². The van der Waals surface area contributed by atoms with E-state index >= 15 is 0 Å². The molecule has 6 nitrogen and oxygen atoms in total. The molecule has 0 atom stereocenters. The highest BCUT2D eigenvalue weighted by Crippen LogP contribution is 2.40. The summed E-state index contributed by atoms with van der Waals surface area (Å²) in [6.07, 6.45) is 5.90. The first-order chi connectivity index (χ1) is 12.3. The van der Waals surface area contributed by atoms with Gasteiger partial charge in [0.05, 0.1) is 5.56 Å². The van der Waals surface area contributed by atoms with E-state index in [4.69, 9.17) is 4.42 Å². The summed E-state index contributed by atoms with van der Waals surface area (Å²) >= 11 is 0. The van der Waals surface area contributed by atoms with Crippen molar-refractivity contribution < 1.29 is 9.21 Å². The SMILES string of the molecule is O=C(c1c[nH]c2ccccc12)N1CCC(c2nnc(C3CC3)o2)CC1. The Bertz CT molecular complexity index is 916. The molecule has 2 aliphatic rings. The highest BCUT2D eigenvalue weighted by molar-refractivity contribution is 6.06. The van der Waals surface area contributed by atoms with E-state index in [1.54, 1.807) is 0 Å². The molecule has 0 bridgehead atoms. The van der Waals surface area contributed by atoms with Gasteiger partial charge in [-0.15, -0.1) is 10.2 Å². The maximum Gasteiger partial charge on any atom is 0.256 e. The molecule has 0 spiro atoms. The van der Waals surface area contributed by atoms with Gasteiger partial charge in [-0.2, -0.15) is 0 Å². The number of carbonyl (C=O) groups excluding carboxylic acids is 1. The van der Waals surface area contributed by atoms with Crippen LogP contribution in [-0.2, 0) is 0 Å². The molecule has 0 radical (unpaired) electrons. The first kappa shape index (κ1) is 14.7. The number of fused-ring (bicyclic) bond motifs is 1. The van der Waals surface area contributed by atoms with Gasteiger partial charge in [-0.3, -0.25) is 4.79 Å². The molecule has 1 saturated heterocycles. The molecule has 6 heteroatoms. The summed E-state index contributed by atoms with van der Waals surface area (Å²) in [5, 5.41) is 9.40. The van der Waals surface area contributed by atoms with Gasteiger partial charge in [-0.05, 0) is 31.7 Å². The molecule has 1 amide bonds. The molecule has 2 aromatic heterocycles. The van der Waals surface area contributed by atoms with E-state index in [0.29, 0.717) is 5.92 Å². The van der Waals surface area contributed by atoms with Gasteiger partial charge in [0.2, 0.25) is 11.8 Å². The number of para-hydroxylation sites is 1. The summed E-state index contributed by atoms with van der Waals surface area (Å²) in [5.74, 6) is 2.41. The van der Waals surface area contributed by atoms with Crippen LogP contribution in [0.25, 0.3) is 10.9 Å². The zero-order chi connectivity index (χ0) is 16.8. The van der Waals surface area contributed by atoms with Crippen LogP contribution in [0.15, 0.2) is 34.9 Å². The number of aromatic amines is 1. The number of carbonyl (C=O) groups is 1. The highest BCUT2D eigenvalue weighted by Gasteiger charge is 2.32. The third-order valence-corrected chi connectivity index (χ3v) is 5.33. The first-order valence-electron chi connectivity index (χ1n) is 8.98. The van der Waals surface area contributed by atoms with Gasteiger partial charge in [0, 0.05) is 42.0 Å². The molecule has 5 rings (SSSR count). The predicted octanol–water partition coefficient (Wildman–Crippen LogP) is 3.45. The van der Waals surface area contributed by atoms with Crippen molar-refractivity contribution in [2.45, 2.75) is 37.5 Å². The molecule has 3 heterocycles. The number of rotatable bonds is 3. The quantitative estimate of drug-likeness (QED) is 0.795. The second-order valence-corrected chi connectivity index (χ2v) is 7.07. The average molecular weight is 336 g/mol. The number of benzene rings is 1. The van der Waals surface area contributed by atoms with E-state index in [1.165, 1.54) is 12.8 Å². The van der Waals surface area contributed by atoms with E-state index in [-0.39, 0.29) is 11.8 Å². The summed E-state index contributed by atoms with van der Waals surface area (Å²) in [7, 11) is 0. The zero-order valence-electron chi connectivity index (χ0n) is 13.9. The standard InChI is InChI=1S/C19H20N4O2/c24-19(15-11-20-16-4-2-1-3-14(15)16)23-9-7-13(8-10-23)18-22-21-17(25-18)12-5-6-12/h1-4,11-13,20H,5-10H2. The predicted molar refractivity (Wildman–Crippen MR) is 92.5 cm³/mol. The Morgan fingerprint density at radius 2 is 1.72 bits per heavy atom. The van der Waals surface area contributed by atoms with Gasteiger partial charge < -0.3 is 14.3 Å². The van der Waals surface area contributed by atoms with Crippen LogP contribution in [0.2, 0.25) is 0 Å². The lowest BCUT2D eigenvalue weighted by Gasteiger charge is -2.30. The summed E-state index contributed by atoms with van der Waals surface area (Å²) in [6, 6.07) is 7.92. The number of aromatic nitrogens is 3. The van der Waals surface area contributed by atoms with Crippen LogP contribution in [0.3, 0.4) is 0 Å². The lowest BCUT2D eigenvalue weighted by atomic mass is 9.96. The Morgan fingerprint density at radius 1 is 1.04 bits per heavy atom. The number of likely N-dealkylation sites (tertiary alicyclic amines) is 1. The highest BCUT2D eigenvalue weighted by atomic mass is 16.4. The van der Waals surface area contributed by atoms with Gasteiger partial charge in [0.25, 0.3) is 5.91 Å². The number of nitrogens with one attached hydrogen (secondary N) is 1. The van der Waals surface area contributed by atoms with Crippen LogP contribution in [0.1, 0.15) is 59.7 Å². The zero-order valence-corrected chi connectivity index (χ0v) is 13.9. The maximum atomic E-state index is 12.9. The fourth-order valence-electron chi connectivity index (χ4n) is 3.66. The van der Waals surface area contributed by atoms with Crippen molar-refractivity contribution in [1.82, 2.24) is 20.1 Å². The Balaban J connectivity index is 1.28. The van der Waals surface area contributed by atoms with E-state index in [1.807, 2.05) is 35.4 Å². The number of amides is 1. The molecule has 128 valence electrons. The van der Waals surface area contributed by atoms with Gasteiger partial charge in [0.15, 0.2) is 0 Å². The van der Waals surface area contributed by atoms with Crippen molar-refractivity contribution in [2.75, 3.05) is 13.1 Å². The van der Waals surface area contributed by atoms with Crippen LogP contribution in [-0.4, -0.2) is 39.1 Å². The number of H-pyrrole nitrogens is 1. The van der Waals surface area contributed by atoms with E-state index in [9.17, 15) is 4.79 Å². The summed E-state index contributed by atoms with van der Waals surface area (Å²) in [6.45, 7) is 1.45. The smallest absolute Gasteiger partial charge is 0.256 e. The Kier molecular flexibility index (Phi) is 3.36. The number of nitrogens with zero attached hydrogens (tertiary/aromatic N) is 3. The van der Waals surface area contributed by atoms with E-state index in [0.717, 1.165) is 54.2 Å². The largest absolute Gasteiger partial charge is 0.425 e. The Morgan fingerprint density at radius 3 is 2.44 bits per heavy atom. The minimum Gasteiger partial charge on any atom is -0.425 e. The molecular weight excluding hydrogens is 316 g/mol. The molecule has 1 aliphatic heterocycles. The fourth-order valence-corrected chi connectivity index (χ4v) is 3.66. The van der Waals surface area contributed by atoms with Crippen molar-refractivity contribution in [3.63, 3.8) is 0 Å². The summed E-state index contributed by atoms with van der Waals surface area (Å²) in [4.78, 5) is 18.0. The van der Waals surface area contributed by atoms with Crippen molar-refractivity contribution in [3.8, 4) is 0 Å². The summed E-state index contributed by atoms with van der Waals surface area (Å²) in [5.41, 5.74) is 1.75. The van der Waals surface area contributed by atoms with Gasteiger partial charge >= 0.3 is 0 Å². The molecule has 3 aromatic rings. The second kappa shape index (κ2) is 5.72. The molecule has 2 fully saturated rings. The molecule has 1 N–H and O–H groups in total. The van der Waals surface area contributed by atoms with Crippen LogP contribution in [0.5, 0.6) is 0 Å². The molecule has 25 heavy (non-hydrogen) atoms. The third kappa shape index (κ3) is 2.62. The van der Waals surface area contributed by atoms with E-state index < -0.39 is 0 Å². The number of hydrogen-bond acceptors (Lipinski definition) is 4. The van der Waals surface area contributed by atoms with Crippen LogP contribution >= 0.6 is 0 Å². The van der Waals surface area contributed by atoms with Crippen LogP contribution in [0, 0.1) is 0 Å². The van der Waals surface area contributed by atoms with Crippen LogP contribution in [0.4, 0.5) is 0 Å². The minimum absolute atomic E-state index is 0.0973. The number of piperidine rings is 1. The monoisotopic (exact) mass is 336 g/mol. The van der Waals surface area contributed by atoms with Gasteiger partial charge in [-0.25, -0.2) is 0 Å². The summed E-state index contributed by atoms with van der Waals surface area (Å²) < 4.78 is 5.84. The van der Waals surface area contributed by atoms with Crippen molar-refractivity contribution in [2.24, 2.45) is 0 Å². The second-order valence-electron chi connectivity index (χ2n) is 7.07. The topological polar surface area (TPSA) is 75.0 Å². The fraction of sp³-hybridized carbons (Fsp3) is 0.421. The Hall–Kier alpha value is -2.63. The number of hydrogen-bond donors (Lipinski definition) is 1. The lowest BCUT2D eigenvalue weighted by Crippen LogP contribution is -2.37. The molecule has 1 saturated carbocycles. The molecule has 1 aliphatic carbocycles. The maximum absolute atomic E-state index is 12.9. The third-order valence-electron chi connectivity index (χ3n) is 5.33. The van der Waals surface area contributed by atoms with Crippen LogP contribution < -0.4 is 0 Å². The minimum atomic E-state index is 0.0973. The lowest BCUT2D eigenvalue weighted by molar-refractivity contribution is 0.0708. The van der Waals surface area contributed by atoms with Crippen molar-refractivity contribution in [3.05, 3.63) is 47.8 Å². The van der Waals surface area contributed by atoms with Crippen molar-refractivity contribution >= 4 is 16.8 Å². The van der Waals surface area contributed by atoms with Gasteiger partial charge in [0.1, 0.15) is 0 Å². The molecular formula is C19H20N4O2. The Labute approximate surface area is 145 Å². The first-order valence-corrected chi connectivity index (χ1v) is 8.98. The van der Waals surface area contributed by atoms with E-state index in [2.05, 4.69) is 15.2 Å². The normalized spacial score (nSPS) is 18.8. The van der Waals surface area contributed by atoms with Gasteiger partial charge in [-0.1, -0.05) is 18.2 Å². The molecule has 0 unspecified atom stereocenters.